The molecule has 96 valence electrons. The van der Waals surface area contributed by atoms with E-state index >= 15 is 0 Å². The molecule has 2 nitrogen and oxygen atoms in total. The van der Waals surface area contributed by atoms with Crippen LogP contribution in [0.3, 0.4) is 0 Å². The second-order valence-electron chi connectivity index (χ2n) is 4.29. The van der Waals surface area contributed by atoms with Crippen LogP contribution in [-0.2, 0) is 13.1 Å². The predicted molar refractivity (Wildman–Crippen MR) is 84.3 cm³/mol. The van der Waals surface area contributed by atoms with Crippen molar-refractivity contribution in [3.63, 3.8) is 0 Å². The first-order valence-corrected chi connectivity index (χ1v) is 7.77. The summed E-state index contributed by atoms with van der Waals surface area (Å²) >= 11 is 5.35. The Hall–Kier alpha value is -1.23. The van der Waals surface area contributed by atoms with Crippen LogP contribution in [0.5, 0.6) is 0 Å². The van der Waals surface area contributed by atoms with Gasteiger partial charge in [-0.1, -0.05) is 34.1 Å². The summed E-state index contributed by atoms with van der Waals surface area (Å²) in [7, 11) is 0. The number of pyridine rings is 1. The molecule has 0 bridgehead atoms. The SMILES string of the molecule is Brc1ccc(CNCc2cccs2)c2ncccc12. The third kappa shape index (κ3) is 2.86. The first-order chi connectivity index (χ1) is 9.34. The number of hydrogen-bond acceptors (Lipinski definition) is 3. The Kier molecular flexibility index (Phi) is 3.92. The van der Waals surface area contributed by atoms with Gasteiger partial charge >= 0.3 is 0 Å². The lowest BCUT2D eigenvalue weighted by Crippen LogP contribution is -2.12. The van der Waals surface area contributed by atoms with E-state index in [0.29, 0.717) is 0 Å². The van der Waals surface area contributed by atoms with Crippen molar-refractivity contribution in [2.24, 2.45) is 0 Å². The standard InChI is InChI=1S/C15H13BrN2S/c16-14-6-5-11(15-13(14)4-1-7-18-15)9-17-10-12-3-2-8-19-12/h1-8,17H,9-10H2. The second kappa shape index (κ2) is 5.82. The van der Waals surface area contributed by atoms with Crippen LogP contribution in [-0.4, -0.2) is 4.98 Å². The Bertz CT molecular complexity index is 680. The molecule has 0 saturated heterocycles. The van der Waals surface area contributed by atoms with Crippen LogP contribution in [0.25, 0.3) is 10.9 Å². The average Bonchev–Trinajstić information content (AvgIpc) is 2.95. The number of nitrogens with one attached hydrogen (secondary N) is 1. The fourth-order valence-corrected chi connectivity index (χ4v) is 3.20. The number of nitrogens with zero attached hydrogens (tertiary/aromatic N) is 1. The maximum atomic E-state index is 4.49. The first-order valence-electron chi connectivity index (χ1n) is 6.10. The summed E-state index contributed by atoms with van der Waals surface area (Å²) in [6.07, 6.45) is 1.84. The Labute approximate surface area is 124 Å². The molecule has 0 aliphatic rings. The third-order valence-corrected chi connectivity index (χ3v) is 4.56. The summed E-state index contributed by atoms with van der Waals surface area (Å²) in [5, 5.41) is 6.74. The zero-order chi connectivity index (χ0) is 13.1. The molecule has 0 radical (unpaired) electrons. The number of thiophene rings is 1. The van der Waals surface area contributed by atoms with Gasteiger partial charge in [0.25, 0.3) is 0 Å². The van der Waals surface area contributed by atoms with Crippen molar-refractivity contribution in [1.82, 2.24) is 10.3 Å². The van der Waals surface area contributed by atoms with E-state index in [0.717, 1.165) is 28.5 Å². The van der Waals surface area contributed by atoms with E-state index in [9.17, 15) is 0 Å². The van der Waals surface area contributed by atoms with Gasteiger partial charge in [0, 0.05) is 34.0 Å². The highest BCUT2D eigenvalue weighted by Gasteiger charge is 2.05. The Balaban J connectivity index is 1.79. The summed E-state index contributed by atoms with van der Waals surface area (Å²) in [4.78, 5) is 5.85. The van der Waals surface area contributed by atoms with Crippen molar-refractivity contribution < 1.29 is 0 Å². The molecule has 1 N–H and O–H groups in total. The Morgan fingerprint density at radius 1 is 1.11 bits per heavy atom. The Morgan fingerprint density at radius 3 is 2.89 bits per heavy atom. The molecular weight excluding hydrogens is 320 g/mol. The molecule has 3 rings (SSSR count). The number of aromatic nitrogens is 1. The van der Waals surface area contributed by atoms with Crippen molar-refractivity contribution in [1.29, 1.82) is 0 Å². The number of fused-ring (bicyclic) bond motifs is 1. The summed E-state index contributed by atoms with van der Waals surface area (Å²) in [5.74, 6) is 0. The molecule has 0 aliphatic carbocycles. The first kappa shape index (κ1) is 12.8. The van der Waals surface area contributed by atoms with Gasteiger partial charge in [-0.05, 0) is 29.1 Å². The average molecular weight is 333 g/mol. The number of halogens is 1. The van der Waals surface area contributed by atoms with Crippen LogP contribution in [0, 0.1) is 0 Å². The monoisotopic (exact) mass is 332 g/mol. The van der Waals surface area contributed by atoms with Crippen LogP contribution >= 0.6 is 27.3 Å². The van der Waals surface area contributed by atoms with Crippen LogP contribution in [0.15, 0.2) is 52.4 Å². The molecule has 0 saturated carbocycles. The molecule has 0 unspecified atom stereocenters. The van der Waals surface area contributed by atoms with Gasteiger partial charge in [0.2, 0.25) is 0 Å². The van der Waals surface area contributed by atoms with Crippen molar-refractivity contribution in [2.75, 3.05) is 0 Å². The Morgan fingerprint density at radius 2 is 2.05 bits per heavy atom. The zero-order valence-corrected chi connectivity index (χ0v) is 12.7. The summed E-state index contributed by atoms with van der Waals surface area (Å²) in [5.41, 5.74) is 2.30. The molecule has 2 heterocycles. The van der Waals surface area contributed by atoms with Gasteiger partial charge < -0.3 is 5.32 Å². The van der Waals surface area contributed by atoms with Gasteiger partial charge in [-0.25, -0.2) is 0 Å². The summed E-state index contributed by atoms with van der Waals surface area (Å²) in [6.45, 7) is 1.74. The molecule has 0 atom stereocenters. The lowest BCUT2D eigenvalue weighted by Gasteiger charge is -2.08. The molecule has 0 spiro atoms. The molecule has 2 aromatic heterocycles. The molecule has 0 fully saturated rings. The maximum Gasteiger partial charge on any atom is 0.0758 e. The highest BCUT2D eigenvalue weighted by molar-refractivity contribution is 9.10. The largest absolute Gasteiger partial charge is 0.308 e. The van der Waals surface area contributed by atoms with E-state index < -0.39 is 0 Å². The lowest BCUT2D eigenvalue weighted by atomic mass is 10.1. The van der Waals surface area contributed by atoms with Crippen LogP contribution < -0.4 is 5.32 Å². The fourth-order valence-electron chi connectivity index (χ4n) is 2.07. The minimum atomic E-state index is 0.832. The van der Waals surface area contributed by atoms with E-state index in [1.54, 1.807) is 11.3 Å². The van der Waals surface area contributed by atoms with Gasteiger partial charge in [-0.15, -0.1) is 11.3 Å². The molecule has 0 amide bonds. The molecule has 0 aliphatic heterocycles. The van der Waals surface area contributed by atoms with E-state index in [1.165, 1.54) is 10.4 Å². The van der Waals surface area contributed by atoms with E-state index in [4.69, 9.17) is 0 Å². The number of rotatable bonds is 4. The second-order valence-corrected chi connectivity index (χ2v) is 6.18. The quantitative estimate of drug-likeness (QED) is 0.768. The maximum absolute atomic E-state index is 4.49. The van der Waals surface area contributed by atoms with Crippen LogP contribution in [0.1, 0.15) is 10.4 Å². The van der Waals surface area contributed by atoms with Crippen molar-refractivity contribution >= 4 is 38.2 Å². The highest BCUT2D eigenvalue weighted by atomic mass is 79.9. The van der Waals surface area contributed by atoms with Crippen LogP contribution in [0.2, 0.25) is 0 Å². The summed E-state index contributed by atoms with van der Waals surface area (Å²) < 4.78 is 1.10. The van der Waals surface area contributed by atoms with Gasteiger partial charge in [0.15, 0.2) is 0 Å². The minimum Gasteiger partial charge on any atom is -0.308 e. The van der Waals surface area contributed by atoms with Crippen LogP contribution in [0.4, 0.5) is 0 Å². The van der Waals surface area contributed by atoms with Gasteiger partial charge in [-0.2, -0.15) is 0 Å². The predicted octanol–water partition coefficient (Wildman–Crippen LogP) is 4.35. The highest BCUT2D eigenvalue weighted by Crippen LogP contribution is 2.25. The van der Waals surface area contributed by atoms with Crippen molar-refractivity contribution in [3.8, 4) is 0 Å². The molecule has 4 heteroatoms. The zero-order valence-electron chi connectivity index (χ0n) is 10.3. The minimum absolute atomic E-state index is 0.832. The normalized spacial score (nSPS) is 11.0. The number of benzene rings is 1. The van der Waals surface area contributed by atoms with Gasteiger partial charge in [0.05, 0.1) is 5.52 Å². The summed E-state index contributed by atoms with van der Waals surface area (Å²) in [6, 6.07) is 12.5. The van der Waals surface area contributed by atoms with Gasteiger partial charge in [-0.3, -0.25) is 4.98 Å². The van der Waals surface area contributed by atoms with Crippen molar-refractivity contribution in [3.05, 3.63) is 62.9 Å². The van der Waals surface area contributed by atoms with Crippen molar-refractivity contribution in [2.45, 2.75) is 13.1 Å². The van der Waals surface area contributed by atoms with E-state index in [1.807, 2.05) is 12.3 Å². The van der Waals surface area contributed by atoms with E-state index in [-0.39, 0.29) is 0 Å². The third-order valence-electron chi connectivity index (χ3n) is 2.99. The molecule has 19 heavy (non-hydrogen) atoms. The molecular formula is C15H13BrN2S. The van der Waals surface area contributed by atoms with E-state index in [2.05, 4.69) is 61.9 Å². The van der Waals surface area contributed by atoms with Gasteiger partial charge in [0.1, 0.15) is 0 Å². The fraction of sp³-hybridized carbons (Fsp3) is 0.133. The lowest BCUT2D eigenvalue weighted by molar-refractivity contribution is 0.703. The smallest absolute Gasteiger partial charge is 0.0758 e. The molecule has 1 aromatic carbocycles. The topological polar surface area (TPSA) is 24.9 Å². The molecule has 3 aromatic rings. The number of hydrogen-bond donors (Lipinski definition) is 1.